The van der Waals surface area contributed by atoms with Crippen molar-refractivity contribution >= 4 is 34.6 Å². The maximum Gasteiger partial charge on any atom is 0.269 e. The second-order valence-corrected chi connectivity index (χ2v) is 8.98. The van der Waals surface area contributed by atoms with E-state index in [1.807, 2.05) is 24.3 Å². The smallest absolute Gasteiger partial charge is 0.269 e. The van der Waals surface area contributed by atoms with Crippen molar-refractivity contribution in [2.24, 2.45) is 0 Å². The molecular formula is C28H26N6O5. The number of nitro benzene ring substituents is 1. The van der Waals surface area contributed by atoms with Gasteiger partial charge in [-0.15, -0.1) is 0 Å². The van der Waals surface area contributed by atoms with Crippen molar-refractivity contribution in [1.29, 1.82) is 0 Å². The lowest BCUT2D eigenvalue weighted by Gasteiger charge is -2.28. The summed E-state index contributed by atoms with van der Waals surface area (Å²) in [4.78, 5) is 38.1. The minimum atomic E-state index is -0.498. The number of amides is 2. The van der Waals surface area contributed by atoms with Crippen LogP contribution in [0.4, 0.5) is 22.7 Å². The monoisotopic (exact) mass is 526 g/mol. The highest BCUT2D eigenvalue weighted by molar-refractivity contribution is 6.04. The van der Waals surface area contributed by atoms with Crippen LogP contribution in [0.1, 0.15) is 15.9 Å². The first-order valence-corrected chi connectivity index (χ1v) is 12.4. The Labute approximate surface area is 224 Å². The summed E-state index contributed by atoms with van der Waals surface area (Å²) in [5.41, 5.74) is 3.80. The fourth-order valence-corrected chi connectivity index (χ4v) is 4.27. The van der Waals surface area contributed by atoms with E-state index < -0.39 is 4.92 Å². The van der Waals surface area contributed by atoms with Gasteiger partial charge in [0, 0.05) is 42.2 Å². The second kappa shape index (κ2) is 11.6. The van der Waals surface area contributed by atoms with Gasteiger partial charge in [-0.25, -0.2) is 4.68 Å². The Balaban J connectivity index is 1.20. The molecule has 2 heterocycles. The molecule has 2 N–H and O–H groups in total. The van der Waals surface area contributed by atoms with E-state index in [1.54, 1.807) is 47.3 Å². The summed E-state index contributed by atoms with van der Waals surface area (Å²) in [5, 5.41) is 20.9. The maximum absolute atomic E-state index is 12.9. The molecule has 198 valence electrons. The van der Waals surface area contributed by atoms with Gasteiger partial charge in [-0.05, 0) is 48.0 Å². The number of anilines is 3. The molecule has 3 aromatic carbocycles. The number of non-ortho nitro benzene ring substituents is 1. The summed E-state index contributed by atoms with van der Waals surface area (Å²) < 4.78 is 6.95. The molecule has 1 saturated heterocycles. The van der Waals surface area contributed by atoms with Gasteiger partial charge >= 0.3 is 0 Å². The molecule has 0 atom stereocenters. The molecule has 1 fully saturated rings. The number of hydrogen-bond acceptors (Lipinski definition) is 7. The predicted octanol–water partition coefficient (Wildman–Crippen LogP) is 4.05. The van der Waals surface area contributed by atoms with Crippen LogP contribution in [0.25, 0.3) is 5.69 Å². The third-order valence-electron chi connectivity index (χ3n) is 6.23. The van der Waals surface area contributed by atoms with Crippen molar-refractivity contribution in [2.45, 2.75) is 6.42 Å². The number of hydrogen-bond donors (Lipinski definition) is 2. The Kier molecular flexibility index (Phi) is 7.60. The van der Waals surface area contributed by atoms with Crippen molar-refractivity contribution < 1.29 is 19.2 Å². The van der Waals surface area contributed by atoms with Gasteiger partial charge in [0.25, 0.3) is 11.6 Å². The SMILES string of the molecule is O=C(Cc1cccc([N+](=O)[O-])c1)Nc1cnn(-c2cccc(C(=O)Nc3ccc(N4CCOCC4)cc3)c2)c1. The van der Waals surface area contributed by atoms with Gasteiger partial charge < -0.3 is 20.3 Å². The number of nitrogens with zero attached hydrogens (tertiary/aromatic N) is 4. The molecule has 0 aliphatic carbocycles. The van der Waals surface area contributed by atoms with Crippen molar-refractivity contribution in [3.63, 3.8) is 0 Å². The lowest BCUT2D eigenvalue weighted by molar-refractivity contribution is -0.384. The fraction of sp³-hybridized carbons (Fsp3) is 0.179. The van der Waals surface area contributed by atoms with Gasteiger partial charge in [0.15, 0.2) is 0 Å². The summed E-state index contributed by atoms with van der Waals surface area (Å²) in [6.07, 6.45) is 3.11. The van der Waals surface area contributed by atoms with E-state index in [-0.39, 0.29) is 23.9 Å². The summed E-state index contributed by atoms with van der Waals surface area (Å²) in [7, 11) is 0. The molecule has 1 aliphatic heterocycles. The molecule has 0 unspecified atom stereocenters. The summed E-state index contributed by atoms with van der Waals surface area (Å²) in [6.45, 7) is 3.10. The van der Waals surface area contributed by atoms with Crippen LogP contribution < -0.4 is 15.5 Å². The molecule has 0 bridgehead atoms. The Bertz CT molecular complexity index is 1490. The number of nitro groups is 1. The average Bonchev–Trinajstić information content (AvgIpc) is 3.42. The summed E-state index contributed by atoms with van der Waals surface area (Å²) in [5.74, 6) is -0.587. The number of ether oxygens (including phenoxy) is 1. The molecular weight excluding hydrogens is 500 g/mol. The molecule has 11 nitrogen and oxygen atoms in total. The van der Waals surface area contributed by atoms with Crippen LogP contribution in [0.3, 0.4) is 0 Å². The van der Waals surface area contributed by atoms with E-state index in [0.29, 0.717) is 41.4 Å². The predicted molar refractivity (Wildman–Crippen MR) is 146 cm³/mol. The first-order valence-electron chi connectivity index (χ1n) is 12.4. The number of rotatable bonds is 8. The Hall–Kier alpha value is -5.03. The van der Waals surface area contributed by atoms with E-state index in [4.69, 9.17) is 4.74 Å². The zero-order chi connectivity index (χ0) is 27.2. The van der Waals surface area contributed by atoms with Crippen LogP contribution in [0.15, 0.2) is 85.2 Å². The normalized spacial score (nSPS) is 13.1. The van der Waals surface area contributed by atoms with Gasteiger partial charge in [0.2, 0.25) is 5.91 Å². The molecule has 0 spiro atoms. The number of morpholine rings is 1. The second-order valence-electron chi connectivity index (χ2n) is 8.98. The first kappa shape index (κ1) is 25.6. The molecule has 2 amide bonds. The fourth-order valence-electron chi connectivity index (χ4n) is 4.27. The van der Waals surface area contributed by atoms with Crippen molar-refractivity contribution in [3.8, 4) is 5.69 Å². The van der Waals surface area contributed by atoms with Crippen LogP contribution >= 0.6 is 0 Å². The lowest BCUT2D eigenvalue weighted by Crippen LogP contribution is -2.36. The highest BCUT2D eigenvalue weighted by atomic mass is 16.6. The summed E-state index contributed by atoms with van der Waals surface area (Å²) in [6, 6.07) is 20.7. The molecule has 0 saturated carbocycles. The minimum absolute atomic E-state index is 0.0179. The van der Waals surface area contributed by atoms with E-state index in [2.05, 4.69) is 20.6 Å². The number of benzene rings is 3. The average molecular weight is 527 g/mol. The van der Waals surface area contributed by atoms with Gasteiger partial charge in [-0.2, -0.15) is 5.10 Å². The molecule has 0 radical (unpaired) electrons. The largest absolute Gasteiger partial charge is 0.378 e. The zero-order valence-corrected chi connectivity index (χ0v) is 20.9. The Morgan fingerprint density at radius 1 is 0.923 bits per heavy atom. The minimum Gasteiger partial charge on any atom is -0.378 e. The Morgan fingerprint density at radius 2 is 1.69 bits per heavy atom. The van der Waals surface area contributed by atoms with E-state index >= 15 is 0 Å². The van der Waals surface area contributed by atoms with Gasteiger partial charge in [0.05, 0.1) is 48.3 Å². The highest BCUT2D eigenvalue weighted by Crippen LogP contribution is 2.21. The van der Waals surface area contributed by atoms with Crippen LogP contribution in [-0.4, -0.2) is 52.8 Å². The van der Waals surface area contributed by atoms with E-state index in [1.165, 1.54) is 18.3 Å². The zero-order valence-electron chi connectivity index (χ0n) is 20.9. The van der Waals surface area contributed by atoms with Crippen molar-refractivity contribution in [1.82, 2.24) is 9.78 Å². The van der Waals surface area contributed by atoms with Crippen LogP contribution in [-0.2, 0) is 16.0 Å². The molecule has 4 aromatic rings. The van der Waals surface area contributed by atoms with Gasteiger partial charge in [-0.1, -0.05) is 18.2 Å². The number of carbonyl (C=O) groups is 2. The molecule has 1 aromatic heterocycles. The summed E-state index contributed by atoms with van der Waals surface area (Å²) >= 11 is 0. The topological polar surface area (TPSA) is 132 Å². The highest BCUT2D eigenvalue weighted by Gasteiger charge is 2.13. The van der Waals surface area contributed by atoms with Crippen molar-refractivity contribution in [3.05, 3.63) is 106 Å². The van der Waals surface area contributed by atoms with Crippen LogP contribution in [0, 0.1) is 10.1 Å². The third kappa shape index (κ3) is 6.46. The molecule has 5 rings (SSSR count). The van der Waals surface area contributed by atoms with Gasteiger partial charge in [-0.3, -0.25) is 19.7 Å². The molecule has 39 heavy (non-hydrogen) atoms. The molecule has 11 heteroatoms. The van der Waals surface area contributed by atoms with E-state index in [0.717, 1.165) is 18.8 Å². The maximum atomic E-state index is 12.9. The van der Waals surface area contributed by atoms with Crippen LogP contribution in [0.2, 0.25) is 0 Å². The van der Waals surface area contributed by atoms with Gasteiger partial charge in [0.1, 0.15) is 0 Å². The first-order chi connectivity index (χ1) is 18.9. The third-order valence-corrected chi connectivity index (χ3v) is 6.23. The lowest BCUT2D eigenvalue weighted by atomic mass is 10.1. The number of carbonyl (C=O) groups excluding carboxylic acids is 2. The Morgan fingerprint density at radius 3 is 2.46 bits per heavy atom. The standard InChI is InChI=1S/C28H26N6O5/c35-27(16-20-3-1-6-26(15-20)34(37)38)30-23-18-29-33(19-23)25-5-2-4-21(17-25)28(36)31-22-7-9-24(10-8-22)32-11-13-39-14-12-32/h1-10,15,17-19H,11-14,16H2,(H,30,35)(H,31,36). The quantitative estimate of drug-likeness (QED) is 0.262. The molecule has 1 aliphatic rings. The van der Waals surface area contributed by atoms with E-state index in [9.17, 15) is 19.7 Å². The number of nitrogens with one attached hydrogen (secondary N) is 2. The van der Waals surface area contributed by atoms with Crippen LogP contribution in [0.5, 0.6) is 0 Å². The number of aromatic nitrogens is 2. The van der Waals surface area contributed by atoms with Crippen molar-refractivity contribution in [2.75, 3.05) is 41.8 Å².